The van der Waals surface area contributed by atoms with E-state index in [9.17, 15) is 4.79 Å². The van der Waals surface area contributed by atoms with Crippen molar-refractivity contribution in [3.63, 3.8) is 0 Å². The van der Waals surface area contributed by atoms with E-state index in [2.05, 4.69) is 30.9 Å². The smallest absolute Gasteiger partial charge is 0.251 e. The number of hydrogen-bond acceptors (Lipinski definition) is 6. The Bertz CT molecular complexity index is 537. The van der Waals surface area contributed by atoms with Crippen molar-refractivity contribution in [3.8, 4) is 0 Å². The standard InChI is InChI=1S/C10H13N7O/c1-2-7-3-6(4-8(11)13-7)10(18)12-5-9-14-16-17-15-9/h3-4H,2,5H2,1H3,(H2,11,13)(H,12,18)(H,14,15,16,17). The van der Waals surface area contributed by atoms with Crippen LogP contribution in [0.2, 0.25) is 0 Å². The first kappa shape index (κ1) is 12.0. The van der Waals surface area contributed by atoms with Gasteiger partial charge in [0.15, 0.2) is 5.82 Å². The van der Waals surface area contributed by atoms with Crippen LogP contribution < -0.4 is 11.1 Å². The number of hydrogen-bond donors (Lipinski definition) is 3. The highest BCUT2D eigenvalue weighted by Crippen LogP contribution is 2.08. The van der Waals surface area contributed by atoms with Gasteiger partial charge in [0.25, 0.3) is 5.91 Å². The number of aryl methyl sites for hydroxylation is 1. The van der Waals surface area contributed by atoms with Crippen LogP contribution in [0.5, 0.6) is 0 Å². The molecule has 4 N–H and O–H groups in total. The third-order valence-corrected chi connectivity index (χ3v) is 2.32. The summed E-state index contributed by atoms with van der Waals surface area (Å²) < 4.78 is 0. The Morgan fingerprint density at radius 1 is 1.50 bits per heavy atom. The van der Waals surface area contributed by atoms with Gasteiger partial charge in [-0.25, -0.2) is 4.98 Å². The van der Waals surface area contributed by atoms with Crippen LogP contribution >= 0.6 is 0 Å². The number of aromatic amines is 1. The van der Waals surface area contributed by atoms with E-state index in [0.717, 1.165) is 12.1 Å². The number of tetrazole rings is 1. The summed E-state index contributed by atoms with van der Waals surface area (Å²) in [6.07, 6.45) is 0.718. The van der Waals surface area contributed by atoms with Crippen molar-refractivity contribution in [1.82, 2.24) is 30.9 Å². The van der Waals surface area contributed by atoms with E-state index < -0.39 is 0 Å². The molecule has 0 aliphatic rings. The van der Waals surface area contributed by atoms with E-state index >= 15 is 0 Å². The van der Waals surface area contributed by atoms with Gasteiger partial charge in [-0.15, -0.1) is 10.2 Å². The summed E-state index contributed by atoms with van der Waals surface area (Å²) >= 11 is 0. The molecular weight excluding hydrogens is 234 g/mol. The highest BCUT2D eigenvalue weighted by atomic mass is 16.1. The van der Waals surface area contributed by atoms with Crippen molar-refractivity contribution in [2.75, 3.05) is 5.73 Å². The lowest BCUT2D eigenvalue weighted by atomic mass is 10.2. The van der Waals surface area contributed by atoms with Crippen LogP contribution in [0.4, 0.5) is 5.82 Å². The van der Waals surface area contributed by atoms with Gasteiger partial charge in [-0.1, -0.05) is 12.1 Å². The number of nitrogen functional groups attached to an aromatic ring is 1. The van der Waals surface area contributed by atoms with Crippen molar-refractivity contribution in [2.45, 2.75) is 19.9 Å². The minimum Gasteiger partial charge on any atom is -0.384 e. The van der Waals surface area contributed by atoms with Crippen molar-refractivity contribution >= 4 is 11.7 Å². The van der Waals surface area contributed by atoms with Gasteiger partial charge in [0.2, 0.25) is 0 Å². The van der Waals surface area contributed by atoms with Crippen LogP contribution in [0.3, 0.4) is 0 Å². The Balaban J connectivity index is 2.06. The lowest BCUT2D eigenvalue weighted by Crippen LogP contribution is -2.24. The van der Waals surface area contributed by atoms with E-state index in [1.54, 1.807) is 6.07 Å². The molecule has 2 aromatic rings. The topological polar surface area (TPSA) is 122 Å². The largest absolute Gasteiger partial charge is 0.384 e. The van der Waals surface area contributed by atoms with Crippen LogP contribution in [0, 0.1) is 0 Å². The number of nitrogens with two attached hydrogens (primary N) is 1. The highest BCUT2D eigenvalue weighted by molar-refractivity contribution is 5.94. The average molecular weight is 247 g/mol. The minimum absolute atomic E-state index is 0.207. The Kier molecular flexibility index (Phi) is 3.46. The van der Waals surface area contributed by atoms with Crippen molar-refractivity contribution in [1.29, 1.82) is 0 Å². The zero-order chi connectivity index (χ0) is 13.0. The zero-order valence-electron chi connectivity index (χ0n) is 9.84. The van der Waals surface area contributed by atoms with Crippen molar-refractivity contribution < 1.29 is 4.79 Å². The third-order valence-electron chi connectivity index (χ3n) is 2.32. The molecule has 2 rings (SSSR count). The molecule has 2 aromatic heterocycles. The van der Waals surface area contributed by atoms with E-state index in [1.165, 1.54) is 6.07 Å². The molecule has 0 unspecified atom stereocenters. The Hall–Kier alpha value is -2.51. The second kappa shape index (κ2) is 5.21. The highest BCUT2D eigenvalue weighted by Gasteiger charge is 2.09. The summed E-state index contributed by atoms with van der Waals surface area (Å²) in [6.45, 7) is 2.15. The van der Waals surface area contributed by atoms with Gasteiger partial charge in [-0.05, 0) is 18.6 Å². The third kappa shape index (κ3) is 2.78. The summed E-state index contributed by atoms with van der Waals surface area (Å²) in [6, 6.07) is 3.24. The number of carbonyl (C=O) groups is 1. The lowest BCUT2D eigenvalue weighted by molar-refractivity contribution is 0.0949. The molecule has 18 heavy (non-hydrogen) atoms. The molecule has 1 amide bonds. The fourth-order valence-corrected chi connectivity index (χ4v) is 1.44. The van der Waals surface area contributed by atoms with Gasteiger partial charge in [-0.3, -0.25) is 4.79 Å². The van der Waals surface area contributed by atoms with Crippen molar-refractivity contribution in [3.05, 3.63) is 29.2 Å². The number of nitrogens with zero attached hydrogens (tertiary/aromatic N) is 4. The fourth-order valence-electron chi connectivity index (χ4n) is 1.44. The number of H-pyrrole nitrogens is 1. The first-order valence-corrected chi connectivity index (χ1v) is 5.46. The van der Waals surface area contributed by atoms with Gasteiger partial charge < -0.3 is 11.1 Å². The first-order valence-electron chi connectivity index (χ1n) is 5.46. The van der Waals surface area contributed by atoms with Crippen LogP contribution in [-0.2, 0) is 13.0 Å². The predicted molar refractivity (Wildman–Crippen MR) is 63.4 cm³/mol. The molecule has 0 saturated heterocycles. The van der Waals surface area contributed by atoms with Crippen LogP contribution in [-0.4, -0.2) is 31.5 Å². The maximum atomic E-state index is 11.9. The molecule has 0 aliphatic carbocycles. The molecule has 8 heteroatoms. The van der Waals surface area contributed by atoms with E-state index in [0.29, 0.717) is 17.2 Å². The molecule has 2 heterocycles. The number of anilines is 1. The van der Waals surface area contributed by atoms with E-state index in [-0.39, 0.29) is 12.5 Å². The first-order chi connectivity index (χ1) is 8.69. The molecule has 0 spiro atoms. The monoisotopic (exact) mass is 247 g/mol. The Morgan fingerprint density at radius 2 is 2.33 bits per heavy atom. The molecule has 0 aliphatic heterocycles. The average Bonchev–Trinajstić information content (AvgIpc) is 2.88. The van der Waals surface area contributed by atoms with Gasteiger partial charge in [-0.2, -0.15) is 5.21 Å². The van der Waals surface area contributed by atoms with Gasteiger partial charge in [0.05, 0.1) is 6.54 Å². The van der Waals surface area contributed by atoms with Crippen LogP contribution in [0.25, 0.3) is 0 Å². The molecular formula is C10H13N7O. The lowest BCUT2D eigenvalue weighted by Gasteiger charge is -2.05. The normalized spacial score (nSPS) is 10.3. The SMILES string of the molecule is CCc1cc(C(=O)NCc2nn[nH]n2)cc(N)n1. The summed E-state index contributed by atoms with van der Waals surface area (Å²) in [5, 5.41) is 15.8. The zero-order valence-corrected chi connectivity index (χ0v) is 9.84. The molecule has 8 nitrogen and oxygen atoms in total. The number of rotatable bonds is 4. The molecule has 0 saturated carbocycles. The number of pyridine rings is 1. The van der Waals surface area contributed by atoms with E-state index in [1.807, 2.05) is 6.92 Å². The quantitative estimate of drug-likeness (QED) is 0.679. The summed E-state index contributed by atoms with van der Waals surface area (Å²) in [4.78, 5) is 16.0. The fraction of sp³-hybridized carbons (Fsp3) is 0.300. The molecule has 0 atom stereocenters. The van der Waals surface area contributed by atoms with Gasteiger partial charge in [0, 0.05) is 11.3 Å². The molecule has 0 aromatic carbocycles. The minimum atomic E-state index is -0.247. The second-order valence-electron chi connectivity index (χ2n) is 3.64. The Morgan fingerprint density at radius 3 is 3.00 bits per heavy atom. The van der Waals surface area contributed by atoms with Crippen LogP contribution in [0.15, 0.2) is 12.1 Å². The van der Waals surface area contributed by atoms with Crippen LogP contribution in [0.1, 0.15) is 28.8 Å². The summed E-state index contributed by atoms with van der Waals surface area (Å²) in [7, 11) is 0. The maximum Gasteiger partial charge on any atom is 0.251 e. The second-order valence-corrected chi connectivity index (χ2v) is 3.64. The maximum absolute atomic E-state index is 11.9. The number of nitrogens with one attached hydrogen (secondary N) is 2. The molecule has 0 fully saturated rings. The summed E-state index contributed by atoms with van der Waals surface area (Å²) in [5.41, 5.74) is 6.89. The summed E-state index contributed by atoms with van der Waals surface area (Å²) in [5.74, 6) is 0.503. The van der Waals surface area contributed by atoms with E-state index in [4.69, 9.17) is 5.73 Å². The van der Waals surface area contributed by atoms with Gasteiger partial charge >= 0.3 is 0 Å². The number of aromatic nitrogens is 5. The van der Waals surface area contributed by atoms with Gasteiger partial charge in [0.1, 0.15) is 5.82 Å². The molecule has 0 radical (unpaired) electrons. The predicted octanol–water partition coefficient (Wildman–Crippen LogP) is -0.331. The van der Waals surface area contributed by atoms with Crippen molar-refractivity contribution in [2.24, 2.45) is 0 Å². The number of carbonyl (C=O) groups excluding carboxylic acids is 1. The number of amides is 1. The molecule has 94 valence electrons. The Labute approximate surface area is 103 Å². The molecule has 0 bridgehead atoms.